The maximum atomic E-state index is 9.52. The summed E-state index contributed by atoms with van der Waals surface area (Å²) in [6, 6.07) is 0. The Hall–Kier alpha value is -0.900. The second-order valence-electron chi connectivity index (χ2n) is 0.576. The van der Waals surface area contributed by atoms with Crippen molar-refractivity contribution in [1.82, 2.24) is 5.43 Å². The molecule has 4 nitrogen and oxygen atoms in total. The number of nitrogens with two attached hydrogens (primary N) is 1. The van der Waals surface area contributed by atoms with Gasteiger partial charge in [-0.1, -0.05) is 0 Å². The summed E-state index contributed by atoms with van der Waals surface area (Å²) in [5, 5.41) is 0. The minimum atomic E-state index is -0.935. The average molecular weight is 87.1 g/mol. The fourth-order valence-electron chi connectivity index (χ4n) is 0.0295. The predicted molar refractivity (Wildman–Crippen MR) is 18.0 cm³/mol. The van der Waals surface area contributed by atoms with Crippen molar-refractivity contribution in [3.05, 3.63) is 0 Å². The monoisotopic (exact) mass is 87.0 g/mol. The van der Waals surface area contributed by atoms with E-state index in [0.29, 0.717) is 0 Å². The number of hydrogen-bond donors (Lipinski definition) is 2. The Kier molecular flexibility index (Phi) is 1.99. The van der Waals surface area contributed by atoms with Gasteiger partial charge in [0.2, 0.25) is 0 Å². The zero-order valence-electron chi connectivity index (χ0n) is 2.89. The van der Waals surface area contributed by atoms with Gasteiger partial charge < -0.3 is 0 Å². The van der Waals surface area contributed by atoms with E-state index in [0.717, 1.165) is 6.29 Å². The Bertz CT molecular complexity index is 69.9. The van der Waals surface area contributed by atoms with Crippen LogP contribution in [0.5, 0.6) is 0 Å². The van der Waals surface area contributed by atoms with E-state index in [9.17, 15) is 4.79 Å². The van der Waals surface area contributed by atoms with Gasteiger partial charge in [-0.15, -0.1) is 0 Å². The average Bonchev–Trinajstić information content (AvgIpc) is 1.65. The van der Waals surface area contributed by atoms with Gasteiger partial charge in [0.1, 0.15) is 0 Å². The van der Waals surface area contributed by atoms with Crippen LogP contribution in [0.1, 0.15) is 0 Å². The van der Waals surface area contributed by atoms with Crippen LogP contribution in [0.2, 0.25) is 0 Å². The summed E-state index contributed by atoms with van der Waals surface area (Å²) in [7, 11) is 0. The van der Waals surface area contributed by atoms with E-state index in [1.54, 1.807) is 5.43 Å². The molecule has 0 saturated carbocycles. The quantitative estimate of drug-likeness (QED) is 0.169. The van der Waals surface area contributed by atoms with Crippen LogP contribution in [-0.2, 0) is 9.59 Å². The van der Waals surface area contributed by atoms with Crippen molar-refractivity contribution < 1.29 is 9.59 Å². The van der Waals surface area contributed by atoms with Crippen LogP contribution in [0.3, 0.4) is 0 Å². The fourth-order valence-corrected chi connectivity index (χ4v) is 0.0295. The molecule has 0 saturated heterocycles. The first kappa shape index (κ1) is 5.10. The van der Waals surface area contributed by atoms with Crippen molar-refractivity contribution in [2.24, 2.45) is 5.84 Å². The molecule has 0 aliphatic rings. The Morgan fingerprint density at radius 2 is 2.33 bits per heavy atom. The molecule has 0 spiro atoms. The lowest BCUT2D eigenvalue weighted by molar-refractivity contribution is -0.114. The lowest BCUT2D eigenvalue weighted by Gasteiger charge is -1.78. The normalized spacial score (nSPS) is 6.83. The van der Waals surface area contributed by atoms with Crippen LogP contribution in [-0.4, -0.2) is 12.2 Å². The highest BCUT2D eigenvalue weighted by molar-refractivity contribution is 6.23. The summed E-state index contributed by atoms with van der Waals surface area (Å²) < 4.78 is 0. The van der Waals surface area contributed by atoms with E-state index in [1.807, 2.05) is 0 Å². The molecule has 4 heteroatoms. The third kappa shape index (κ3) is 1.42. The SMILES string of the molecule is NNC(=O)[C]=O. The summed E-state index contributed by atoms with van der Waals surface area (Å²) in [5.41, 5.74) is 1.55. The Labute approximate surface area is 34.3 Å². The molecule has 0 rings (SSSR count). The van der Waals surface area contributed by atoms with E-state index >= 15 is 0 Å². The molecule has 33 valence electrons. The maximum Gasteiger partial charge on any atom is 0.310 e. The largest absolute Gasteiger partial charge is 0.310 e. The zero-order chi connectivity index (χ0) is 4.99. The lowest BCUT2D eigenvalue weighted by Crippen LogP contribution is -2.30. The smallest absolute Gasteiger partial charge is 0.287 e. The third-order valence-electron chi connectivity index (χ3n) is 0.224. The molecule has 0 unspecified atom stereocenters. The number of nitrogens with one attached hydrogen (secondary N) is 1. The number of rotatable bonds is 1. The van der Waals surface area contributed by atoms with Crippen molar-refractivity contribution in [2.45, 2.75) is 0 Å². The van der Waals surface area contributed by atoms with E-state index in [4.69, 9.17) is 4.79 Å². The topological polar surface area (TPSA) is 72.2 Å². The third-order valence-corrected chi connectivity index (χ3v) is 0.224. The zero-order valence-corrected chi connectivity index (χ0v) is 2.89. The highest BCUT2D eigenvalue weighted by Gasteiger charge is 1.88. The summed E-state index contributed by atoms with van der Waals surface area (Å²) >= 11 is 0. The molecule has 0 aromatic carbocycles. The van der Waals surface area contributed by atoms with Gasteiger partial charge in [0.25, 0.3) is 6.29 Å². The van der Waals surface area contributed by atoms with Gasteiger partial charge in [0.05, 0.1) is 0 Å². The summed E-state index contributed by atoms with van der Waals surface area (Å²) in [4.78, 5) is 18.6. The van der Waals surface area contributed by atoms with E-state index in [2.05, 4.69) is 5.84 Å². The van der Waals surface area contributed by atoms with Crippen LogP contribution < -0.4 is 11.3 Å². The maximum absolute atomic E-state index is 9.52. The Morgan fingerprint density at radius 3 is 2.33 bits per heavy atom. The molecule has 3 N–H and O–H groups in total. The molecule has 0 aromatic heterocycles. The van der Waals surface area contributed by atoms with Crippen molar-refractivity contribution in [3.8, 4) is 0 Å². The second kappa shape index (κ2) is 2.34. The minimum absolute atomic E-state index is 0.935. The van der Waals surface area contributed by atoms with Gasteiger partial charge in [-0.05, 0) is 0 Å². The van der Waals surface area contributed by atoms with Gasteiger partial charge in [-0.2, -0.15) is 0 Å². The standard InChI is InChI=1S/C2H3N2O2/c3-4-2(6)1-5/h3H2,(H,4,6). The van der Waals surface area contributed by atoms with Crippen LogP contribution in [0.15, 0.2) is 0 Å². The number of hydrogen-bond acceptors (Lipinski definition) is 3. The number of hydrazine groups is 1. The number of carbonyl (C=O) groups excluding carboxylic acids is 2. The fraction of sp³-hybridized carbons (Fsp3) is 0. The summed E-state index contributed by atoms with van der Waals surface area (Å²) in [5.74, 6) is 3.49. The molecule has 0 atom stereocenters. The van der Waals surface area contributed by atoms with E-state index < -0.39 is 5.91 Å². The highest BCUT2D eigenvalue weighted by Crippen LogP contribution is 1.39. The van der Waals surface area contributed by atoms with Gasteiger partial charge in [-0.3, -0.25) is 15.0 Å². The van der Waals surface area contributed by atoms with Crippen LogP contribution in [0, 0.1) is 0 Å². The molecular weight excluding hydrogens is 84.0 g/mol. The molecule has 1 amide bonds. The number of carbonyl (C=O) groups is 1. The Balaban J connectivity index is 3.23. The molecule has 0 fully saturated rings. The van der Waals surface area contributed by atoms with Crippen molar-refractivity contribution in [3.63, 3.8) is 0 Å². The molecule has 0 aliphatic carbocycles. The van der Waals surface area contributed by atoms with Crippen LogP contribution >= 0.6 is 0 Å². The first-order valence-corrected chi connectivity index (χ1v) is 1.20. The van der Waals surface area contributed by atoms with E-state index in [-0.39, 0.29) is 0 Å². The molecule has 0 aromatic rings. The van der Waals surface area contributed by atoms with Gasteiger partial charge in [0.15, 0.2) is 0 Å². The molecule has 0 heterocycles. The lowest BCUT2D eigenvalue weighted by atomic mass is 10.7. The molecule has 0 aliphatic heterocycles. The molecule has 0 bridgehead atoms. The Morgan fingerprint density at radius 1 is 1.83 bits per heavy atom. The second-order valence-corrected chi connectivity index (χ2v) is 0.576. The summed E-state index contributed by atoms with van der Waals surface area (Å²) in [6.45, 7) is 0. The molecule has 1 radical (unpaired) electrons. The number of amides is 1. The molecule has 6 heavy (non-hydrogen) atoms. The first-order valence-electron chi connectivity index (χ1n) is 1.20. The highest BCUT2D eigenvalue weighted by atomic mass is 16.2. The van der Waals surface area contributed by atoms with Crippen molar-refractivity contribution in [1.29, 1.82) is 0 Å². The van der Waals surface area contributed by atoms with Crippen LogP contribution in [0.4, 0.5) is 0 Å². The predicted octanol–water partition coefficient (Wildman–Crippen LogP) is -1.91. The van der Waals surface area contributed by atoms with Crippen molar-refractivity contribution >= 4 is 12.2 Å². The minimum Gasteiger partial charge on any atom is -0.287 e. The van der Waals surface area contributed by atoms with Gasteiger partial charge >= 0.3 is 5.91 Å². The van der Waals surface area contributed by atoms with Crippen LogP contribution in [0.25, 0.3) is 0 Å². The van der Waals surface area contributed by atoms with Gasteiger partial charge in [-0.25, -0.2) is 5.84 Å². The first-order chi connectivity index (χ1) is 2.81. The summed E-state index contributed by atoms with van der Waals surface area (Å²) in [6.07, 6.45) is 0.990. The van der Waals surface area contributed by atoms with Gasteiger partial charge in [0, 0.05) is 0 Å². The molecular formula is C2H3N2O2. The van der Waals surface area contributed by atoms with Crippen molar-refractivity contribution in [2.75, 3.05) is 0 Å². The van der Waals surface area contributed by atoms with E-state index in [1.165, 1.54) is 0 Å².